The van der Waals surface area contributed by atoms with Gasteiger partial charge in [0.05, 0.1) is 20.6 Å². The molecule has 0 radical (unpaired) electrons. The minimum atomic E-state index is -1.02. The maximum atomic E-state index is 12.1. The Kier molecular flexibility index (Phi) is 6.69. The lowest BCUT2D eigenvalue weighted by molar-refractivity contribution is -0.143. The van der Waals surface area contributed by atoms with Gasteiger partial charge in [0.15, 0.2) is 11.5 Å². The van der Waals surface area contributed by atoms with Crippen molar-refractivity contribution in [2.24, 2.45) is 5.92 Å². The zero-order valence-corrected chi connectivity index (χ0v) is 13.4. The number of amides is 1. The van der Waals surface area contributed by atoms with E-state index >= 15 is 0 Å². The van der Waals surface area contributed by atoms with Crippen molar-refractivity contribution >= 4 is 11.9 Å². The molecule has 6 nitrogen and oxygen atoms in total. The van der Waals surface area contributed by atoms with E-state index in [-0.39, 0.29) is 18.2 Å². The molecule has 6 heteroatoms. The standard InChI is InChI=1S/C16H23NO5/c1-5-10(2)15(16(19)20)17-14(18)9-11-6-7-12(21-3)13(8-11)22-4/h6-8,10,15H,5,9H2,1-4H3,(H,17,18)(H,19,20)/t10-,15-/m0/s1. The highest BCUT2D eigenvalue weighted by Gasteiger charge is 2.25. The summed E-state index contributed by atoms with van der Waals surface area (Å²) < 4.78 is 10.3. The van der Waals surface area contributed by atoms with Gasteiger partial charge in [0.25, 0.3) is 0 Å². The lowest BCUT2D eigenvalue weighted by Crippen LogP contribution is -2.45. The van der Waals surface area contributed by atoms with Gasteiger partial charge in [0.1, 0.15) is 6.04 Å². The Balaban J connectivity index is 2.77. The molecule has 0 aromatic heterocycles. The number of nitrogens with one attached hydrogen (secondary N) is 1. The van der Waals surface area contributed by atoms with Crippen molar-refractivity contribution in [1.29, 1.82) is 0 Å². The molecule has 22 heavy (non-hydrogen) atoms. The number of hydrogen-bond donors (Lipinski definition) is 2. The second kappa shape index (κ2) is 8.26. The minimum Gasteiger partial charge on any atom is -0.493 e. The van der Waals surface area contributed by atoms with Crippen LogP contribution in [0.5, 0.6) is 11.5 Å². The number of carboxylic acids is 1. The third-order valence-corrected chi connectivity index (χ3v) is 3.61. The molecular formula is C16H23NO5. The Labute approximate surface area is 130 Å². The van der Waals surface area contributed by atoms with E-state index in [1.807, 2.05) is 6.92 Å². The summed E-state index contributed by atoms with van der Waals surface area (Å²) in [7, 11) is 3.05. The summed E-state index contributed by atoms with van der Waals surface area (Å²) in [5.74, 6) is -0.374. The number of hydrogen-bond acceptors (Lipinski definition) is 4. The smallest absolute Gasteiger partial charge is 0.326 e. The van der Waals surface area contributed by atoms with Gasteiger partial charge in [-0.2, -0.15) is 0 Å². The highest BCUT2D eigenvalue weighted by Crippen LogP contribution is 2.27. The van der Waals surface area contributed by atoms with Crippen LogP contribution in [0.4, 0.5) is 0 Å². The molecule has 2 N–H and O–H groups in total. The fourth-order valence-electron chi connectivity index (χ4n) is 2.08. The summed E-state index contributed by atoms with van der Waals surface area (Å²) >= 11 is 0. The molecule has 1 aromatic carbocycles. The minimum absolute atomic E-state index is 0.0839. The Morgan fingerprint density at radius 3 is 2.36 bits per heavy atom. The van der Waals surface area contributed by atoms with Gasteiger partial charge in [-0.1, -0.05) is 26.3 Å². The first-order chi connectivity index (χ1) is 10.4. The molecule has 2 atom stereocenters. The number of methoxy groups -OCH3 is 2. The molecule has 0 saturated heterocycles. The maximum absolute atomic E-state index is 12.1. The summed E-state index contributed by atoms with van der Waals surface area (Å²) in [5.41, 5.74) is 0.725. The normalized spacial score (nSPS) is 13.1. The van der Waals surface area contributed by atoms with Crippen LogP contribution in [0, 0.1) is 5.92 Å². The van der Waals surface area contributed by atoms with E-state index in [1.54, 1.807) is 25.1 Å². The third-order valence-electron chi connectivity index (χ3n) is 3.61. The second-order valence-electron chi connectivity index (χ2n) is 5.14. The van der Waals surface area contributed by atoms with Crippen molar-refractivity contribution in [3.05, 3.63) is 23.8 Å². The first-order valence-electron chi connectivity index (χ1n) is 7.16. The molecular weight excluding hydrogens is 286 g/mol. The monoisotopic (exact) mass is 309 g/mol. The van der Waals surface area contributed by atoms with Gasteiger partial charge >= 0.3 is 5.97 Å². The van der Waals surface area contributed by atoms with E-state index < -0.39 is 12.0 Å². The van der Waals surface area contributed by atoms with Crippen LogP contribution in [0.25, 0.3) is 0 Å². The molecule has 0 bridgehead atoms. The predicted octanol–water partition coefficient (Wildman–Crippen LogP) is 1.86. The SMILES string of the molecule is CC[C@H](C)[C@H](NC(=O)Cc1ccc(OC)c(OC)c1)C(=O)O. The van der Waals surface area contributed by atoms with E-state index in [4.69, 9.17) is 9.47 Å². The number of carboxylic acid groups (broad SMARTS) is 1. The molecule has 1 aromatic rings. The van der Waals surface area contributed by atoms with Gasteiger partial charge in [-0.3, -0.25) is 4.79 Å². The number of carbonyl (C=O) groups excluding carboxylic acids is 1. The highest BCUT2D eigenvalue weighted by molar-refractivity contribution is 5.85. The Morgan fingerprint density at radius 2 is 1.86 bits per heavy atom. The van der Waals surface area contributed by atoms with Crippen molar-refractivity contribution in [3.8, 4) is 11.5 Å². The van der Waals surface area contributed by atoms with Crippen LogP contribution in [0.15, 0.2) is 18.2 Å². The van der Waals surface area contributed by atoms with Gasteiger partial charge < -0.3 is 19.9 Å². The second-order valence-corrected chi connectivity index (χ2v) is 5.14. The van der Waals surface area contributed by atoms with Crippen LogP contribution in [0.1, 0.15) is 25.8 Å². The maximum Gasteiger partial charge on any atom is 0.326 e. The first-order valence-corrected chi connectivity index (χ1v) is 7.16. The molecule has 0 aliphatic carbocycles. The fourth-order valence-corrected chi connectivity index (χ4v) is 2.08. The van der Waals surface area contributed by atoms with E-state index in [0.29, 0.717) is 17.9 Å². The number of carbonyl (C=O) groups is 2. The van der Waals surface area contributed by atoms with Crippen LogP contribution in [0.3, 0.4) is 0 Å². The van der Waals surface area contributed by atoms with Crippen molar-refractivity contribution in [3.63, 3.8) is 0 Å². The van der Waals surface area contributed by atoms with Crippen LogP contribution < -0.4 is 14.8 Å². The molecule has 122 valence electrons. The Bertz CT molecular complexity index is 529. The molecule has 0 spiro atoms. The summed E-state index contributed by atoms with van der Waals surface area (Å²) in [5, 5.41) is 11.8. The lowest BCUT2D eigenvalue weighted by atomic mass is 9.99. The number of ether oxygens (including phenoxy) is 2. The van der Waals surface area contributed by atoms with E-state index in [1.165, 1.54) is 14.2 Å². The quantitative estimate of drug-likeness (QED) is 0.765. The predicted molar refractivity (Wildman–Crippen MR) is 82.3 cm³/mol. The molecule has 1 rings (SSSR count). The highest BCUT2D eigenvalue weighted by atomic mass is 16.5. The Hall–Kier alpha value is -2.24. The summed E-state index contributed by atoms with van der Waals surface area (Å²) in [6.07, 6.45) is 0.758. The Morgan fingerprint density at radius 1 is 1.23 bits per heavy atom. The van der Waals surface area contributed by atoms with Crippen LogP contribution in [-0.2, 0) is 16.0 Å². The molecule has 0 unspecified atom stereocenters. The summed E-state index contributed by atoms with van der Waals surface area (Å²) in [6.45, 7) is 3.69. The van der Waals surface area contributed by atoms with Gasteiger partial charge in [0.2, 0.25) is 5.91 Å². The van der Waals surface area contributed by atoms with E-state index in [0.717, 1.165) is 5.56 Å². The van der Waals surface area contributed by atoms with Gasteiger partial charge in [-0.25, -0.2) is 4.79 Å². The molecule has 0 heterocycles. The van der Waals surface area contributed by atoms with Crippen molar-refractivity contribution in [1.82, 2.24) is 5.32 Å². The molecule has 1 amide bonds. The topological polar surface area (TPSA) is 84.9 Å². The molecule has 0 fully saturated rings. The lowest BCUT2D eigenvalue weighted by Gasteiger charge is -2.20. The van der Waals surface area contributed by atoms with Gasteiger partial charge in [-0.15, -0.1) is 0 Å². The zero-order chi connectivity index (χ0) is 16.7. The number of aliphatic carboxylic acids is 1. The van der Waals surface area contributed by atoms with Crippen molar-refractivity contribution in [2.45, 2.75) is 32.7 Å². The fraction of sp³-hybridized carbons (Fsp3) is 0.500. The van der Waals surface area contributed by atoms with Crippen molar-refractivity contribution < 1.29 is 24.2 Å². The molecule has 0 aliphatic heterocycles. The number of benzene rings is 1. The number of rotatable bonds is 8. The average molecular weight is 309 g/mol. The summed E-state index contributed by atoms with van der Waals surface area (Å²) in [4.78, 5) is 23.3. The summed E-state index contributed by atoms with van der Waals surface area (Å²) in [6, 6.07) is 4.29. The van der Waals surface area contributed by atoms with E-state index in [9.17, 15) is 14.7 Å². The van der Waals surface area contributed by atoms with Crippen LogP contribution in [0.2, 0.25) is 0 Å². The zero-order valence-electron chi connectivity index (χ0n) is 13.4. The molecule has 0 saturated carbocycles. The molecule has 0 aliphatic rings. The van der Waals surface area contributed by atoms with Gasteiger partial charge in [0, 0.05) is 0 Å². The first kappa shape index (κ1) is 17.8. The van der Waals surface area contributed by atoms with Crippen LogP contribution >= 0.6 is 0 Å². The van der Waals surface area contributed by atoms with Crippen LogP contribution in [-0.4, -0.2) is 37.2 Å². The van der Waals surface area contributed by atoms with Crippen molar-refractivity contribution in [2.75, 3.05) is 14.2 Å². The van der Waals surface area contributed by atoms with Gasteiger partial charge in [-0.05, 0) is 23.6 Å². The third kappa shape index (κ3) is 4.65. The van der Waals surface area contributed by atoms with E-state index in [2.05, 4.69) is 5.32 Å². The largest absolute Gasteiger partial charge is 0.493 e. The average Bonchev–Trinajstić information content (AvgIpc) is 2.51.